The standard InChI is InChI=1S/C12H13NO2/c1-4-10-11(15-3)6-5-9(7-13)12(10)8(2)14/h5-6H,4H2,1-3H3. The number of ether oxygens (including phenoxy) is 1. The third-order valence-electron chi connectivity index (χ3n) is 2.32. The predicted octanol–water partition coefficient (Wildman–Crippen LogP) is 2.33. The van der Waals surface area contributed by atoms with Gasteiger partial charge in [0, 0.05) is 11.1 Å². The Morgan fingerprint density at radius 1 is 1.53 bits per heavy atom. The smallest absolute Gasteiger partial charge is 0.161 e. The first-order valence-electron chi connectivity index (χ1n) is 4.76. The van der Waals surface area contributed by atoms with Crippen LogP contribution in [-0.4, -0.2) is 12.9 Å². The number of hydrogen-bond acceptors (Lipinski definition) is 3. The highest BCUT2D eigenvalue weighted by molar-refractivity contribution is 5.98. The van der Waals surface area contributed by atoms with E-state index in [9.17, 15) is 4.79 Å². The molecule has 0 fully saturated rings. The third kappa shape index (κ3) is 1.99. The van der Waals surface area contributed by atoms with Crippen LogP contribution in [-0.2, 0) is 6.42 Å². The van der Waals surface area contributed by atoms with Gasteiger partial charge < -0.3 is 4.74 Å². The Morgan fingerprint density at radius 2 is 2.20 bits per heavy atom. The summed E-state index contributed by atoms with van der Waals surface area (Å²) in [5.74, 6) is 0.573. The summed E-state index contributed by atoms with van der Waals surface area (Å²) in [6, 6.07) is 5.37. The lowest BCUT2D eigenvalue weighted by Gasteiger charge is -2.11. The Hall–Kier alpha value is -1.82. The predicted molar refractivity (Wildman–Crippen MR) is 57.1 cm³/mol. The molecule has 0 radical (unpaired) electrons. The summed E-state index contributed by atoms with van der Waals surface area (Å²) in [5.41, 5.74) is 1.71. The number of carbonyl (C=O) groups excluding carboxylic acids is 1. The summed E-state index contributed by atoms with van der Waals surface area (Å²) < 4.78 is 5.16. The number of methoxy groups -OCH3 is 1. The molecule has 3 nitrogen and oxygen atoms in total. The highest BCUT2D eigenvalue weighted by Gasteiger charge is 2.15. The molecule has 0 heterocycles. The van der Waals surface area contributed by atoms with Crippen LogP contribution in [0.25, 0.3) is 0 Å². The van der Waals surface area contributed by atoms with E-state index in [4.69, 9.17) is 10.00 Å². The van der Waals surface area contributed by atoms with Crippen LogP contribution in [0.5, 0.6) is 5.75 Å². The van der Waals surface area contributed by atoms with Gasteiger partial charge in [0.25, 0.3) is 0 Å². The van der Waals surface area contributed by atoms with Crippen LogP contribution in [0.3, 0.4) is 0 Å². The average molecular weight is 203 g/mol. The maximum Gasteiger partial charge on any atom is 0.161 e. The molecule has 1 rings (SSSR count). The molecule has 0 aromatic heterocycles. The van der Waals surface area contributed by atoms with Crippen LogP contribution in [0.1, 0.15) is 35.3 Å². The van der Waals surface area contributed by atoms with Crippen molar-refractivity contribution >= 4 is 5.78 Å². The molecule has 0 aliphatic carbocycles. The van der Waals surface area contributed by atoms with Crippen LogP contribution < -0.4 is 4.74 Å². The summed E-state index contributed by atoms with van der Waals surface area (Å²) in [5, 5.41) is 8.91. The quantitative estimate of drug-likeness (QED) is 0.708. The van der Waals surface area contributed by atoms with Gasteiger partial charge in [-0.3, -0.25) is 4.79 Å². The van der Waals surface area contributed by atoms with Crippen molar-refractivity contribution in [1.82, 2.24) is 0 Å². The lowest BCUT2D eigenvalue weighted by Crippen LogP contribution is -2.04. The average Bonchev–Trinajstić information content (AvgIpc) is 2.26. The molecule has 0 aliphatic rings. The van der Waals surface area contributed by atoms with Crippen molar-refractivity contribution in [3.8, 4) is 11.8 Å². The Bertz CT molecular complexity index is 430. The van der Waals surface area contributed by atoms with Gasteiger partial charge in [-0.1, -0.05) is 6.92 Å². The molecule has 78 valence electrons. The third-order valence-corrected chi connectivity index (χ3v) is 2.32. The normalized spacial score (nSPS) is 9.47. The van der Waals surface area contributed by atoms with Crippen molar-refractivity contribution in [3.63, 3.8) is 0 Å². The highest BCUT2D eigenvalue weighted by atomic mass is 16.5. The number of ketones is 1. The van der Waals surface area contributed by atoms with Crippen molar-refractivity contribution in [2.24, 2.45) is 0 Å². The van der Waals surface area contributed by atoms with E-state index in [1.165, 1.54) is 6.92 Å². The van der Waals surface area contributed by atoms with Crippen molar-refractivity contribution < 1.29 is 9.53 Å². The van der Waals surface area contributed by atoms with Gasteiger partial charge in [-0.25, -0.2) is 0 Å². The molecule has 0 amide bonds. The van der Waals surface area contributed by atoms with E-state index < -0.39 is 0 Å². The van der Waals surface area contributed by atoms with Crippen molar-refractivity contribution in [3.05, 3.63) is 28.8 Å². The van der Waals surface area contributed by atoms with Gasteiger partial charge in [-0.2, -0.15) is 5.26 Å². The van der Waals surface area contributed by atoms with Crippen LogP contribution in [0.4, 0.5) is 0 Å². The van der Waals surface area contributed by atoms with E-state index in [1.807, 2.05) is 13.0 Å². The Morgan fingerprint density at radius 3 is 2.60 bits per heavy atom. The molecule has 0 unspecified atom stereocenters. The monoisotopic (exact) mass is 203 g/mol. The number of Topliss-reactive ketones (excluding diaryl/α,β-unsaturated/α-hetero) is 1. The number of rotatable bonds is 3. The topological polar surface area (TPSA) is 50.1 Å². The summed E-state index contributed by atoms with van der Waals surface area (Å²) in [6.07, 6.45) is 0.674. The molecule has 0 N–H and O–H groups in total. The fourth-order valence-electron chi connectivity index (χ4n) is 1.67. The number of nitrogens with zero attached hydrogens (tertiary/aromatic N) is 1. The van der Waals surface area contributed by atoms with Gasteiger partial charge in [0.1, 0.15) is 5.75 Å². The fraction of sp³-hybridized carbons (Fsp3) is 0.333. The molecule has 0 saturated heterocycles. The molecule has 1 aromatic rings. The first kappa shape index (κ1) is 11.3. The Labute approximate surface area is 89.3 Å². The highest BCUT2D eigenvalue weighted by Crippen LogP contribution is 2.26. The van der Waals surface area contributed by atoms with Gasteiger partial charge >= 0.3 is 0 Å². The zero-order valence-electron chi connectivity index (χ0n) is 9.13. The Balaban J connectivity index is 3.53. The summed E-state index contributed by atoms with van der Waals surface area (Å²) >= 11 is 0. The minimum atomic E-state index is -0.0951. The molecule has 0 spiro atoms. The molecule has 0 saturated carbocycles. The molecule has 1 aromatic carbocycles. The van der Waals surface area contributed by atoms with E-state index in [0.29, 0.717) is 23.3 Å². The lowest BCUT2D eigenvalue weighted by atomic mass is 9.96. The first-order chi connectivity index (χ1) is 7.15. The number of hydrogen-bond donors (Lipinski definition) is 0. The zero-order valence-corrected chi connectivity index (χ0v) is 9.13. The maximum absolute atomic E-state index is 11.5. The van der Waals surface area contributed by atoms with E-state index in [2.05, 4.69) is 0 Å². The Kier molecular flexibility index (Phi) is 3.46. The molecular formula is C12H13NO2. The van der Waals surface area contributed by atoms with Crippen LogP contribution in [0, 0.1) is 11.3 Å². The fourth-order valence-corrected chi connectivity index (χ4v) is 1.67. The van der Waals surface area contributed by atoms with E-state index >= 15 is 0 Å². The second-order valence-electron chi connectivity index (χ2n) is 3.19. The van der Waals surface area contributed by atoms with Gasteiger partial charge in [0.2, 0.25) is 0 Å². The van der Waals surface area contributed by atoms with Crippen molar-refractivity contribution in [2.75, 3.05) is 7.11 Å². The van der Waals surface area contributed by atoms with E-state index in [0.717, 1.165) is 5.56 Å². The minimum Gasteiger partial charge on any atom is -0.496 e. The molecular weight excluding hydrogens is 190 g/mol. The second kappa shape index (κ2) is 4.61. The van der Waals surface area contributed by atoms with Crippen LogP contribution >= 0.6 is 0 Å². The van der Waals surface area contributed by atoms with Gasteiger partial charge in [0.05, 0.1) is 18.7 Å². The second-order valence-corrected chi connectivity index (χ2v) is 3.19. The van der Waals surface area contributed by atoms with Crippen molar-refractivity contribution in [2.45, 2.75) is 20.3 Å². The maximum atomic E-state index is 11.5. The van der Waals surface area contributed by atoms with Crippen LogP contribution in [0.2, 0.25) is 0 Å². The summed E-state index contributed by atoms with van der Waals surface area (Å²) in [7, 11) is 1.56. The largest absolute Gasteiger partial charge is 0.496 e. The number of nitriles is 1. The van der Waals surface area contributed by atoms with E-state index in [-0.39, 0.29) is 5.78 Å². The molecule has 0 aliphatic heterocycles. The van der Waals surface area contributed by atoms with Gasteiger partial charge in [-0.15, -0.1) is 0 Å². The number of benzene rings is 1. The lowest BCUT2D eigenvalue weighted by molar-refractivity contribution is 0.101. The molecule has 15 heavy (non-hydrogen) atoms. The minimum absolute atomic E-state index is 0.0951. The first-order valence-corrected chi connectivity index (χ1v) is 4.76. The molecule has 0 bridgehead atoms. The SMILES string of the molecule is CCc1c(OC)ccc(C#N)c1C(C)=O. The molecule has 3 heteroatoms. The van der Waals surface area contributed by atoms with Crippen molar-refractivity contribution in [1.29, 1.82) is 5.26 Å². The van der Waals surface area contributed by atoms with Gasteiger partial charge in [-0.05, 0) is 25.5 Å². The summed E-state index contributed by atoms with van der Waals surface area (Å²) in [4.78, 5) is 11.5. The van der Waals surface area contributed by atoms with Crippen LogP contribution in [0.15, 0.2) is 12.1 Å². The summed E-state index contributed by atoms with van der Waals surface area (Å²) in [6.45, 7) is 3.40. The number of carbonyl (C=O) groups is 1. The zero-order chi connectivity index (χ0) is 11.4. The molecule has 0 atom stereocenters. The van der Waals surface area contributed by atoms with E-state index in [1.54, 1.807) is 19.2 Å². The van der Waals surface area contributed by atoms with Gasteiger partial charge in [0.15, 0.2) is 5.78 Å².